The van der Waals surface area contributed by atoms with Gasteiger partial charge in [-0.1, -0.05) is 43.7 Å². The monoisotopic (exact) mass is 268 g/mol. The Kier molecular flexibility index (Phi) is 3.86. The van der Waals surface area contributed by atoms with E-state index in [0.29, 0.717) is 0 Å². The molecule has 1 unspecified atom stereocenters. The third-order valence-electron chi connectivity index (χ3n) is 3.59. The molecule has 1 atom stereocenters. The zero-order valence-corrected chi connectivity index (χ0v) is 11.8. The fourth-order valence-electron chi connectivity index (χ4n) is 2.68. The van der Waals surface area contributed by atoms with Crippen molar-refractivity contribution < 1.29 is 4.74 Å². The Morgan fingerprint density at radius 3 is 2.85 bits per heavy atom. The average Bonchev–Trinajstić information content (AvgIpc) is 2.49. The van der Waals surface area contributed by atoms with Crippen LogP contribution in [0.5, 0.6) is 5.75 Å². The van der Waals surface area contributed by atoms with Crippen LogP contribution in [-0.2, 0) is 6.54 Å². The van der Waals surface area contributed by atoms with Crippen molar-refractivity contribution in [3.63, 3.8) is 0 Å². The van der Waals surface area contributed by atoms with Gasteiger partial charge < -0.3 is 9.64 Å². The second kappa shape index (κ2) is 5.95. The minimum absolute atomic E-state index is 0.264. The van der Waals surface area contributed by atoms with Gasteiger partial charge in [-0.3, -0.25) is 0 Å². The molecule has 1 aromatic carbocycles. The fraction of sp³-hybridized carbons (Fsp3) is 0.353. The van der Waals surface area contributed by atoms with E-state index in [-0.39, 0.29) is 6.10 Å². The minimum atomic E-state index is 0.264. The standard InChI is InChI=1S/C17H20N2O/c1-2-7-15-13-19(12-14-8-4-3-5-9-14)17-16(20-15)10-6-11-18-17/h3-6,8-11,15H,2,7,12-13H2,1H3. The lowest BCUT2D eigenvalue weighted by molar-refractivity contribution is 0.180. The Bertz CT molecular complexity index is 556. The lowest BCUT2D eigenvalue weighted by Crippen LogP contribution is -2.40. The Morgan fingerprint density at radius 1 is 1.20 bits per heavy atom. The molecule has 1 aliphatic heterocycles. The van der Waals surface area contributed by atoms with Crippen molar-refractivity contribution in [2.75, 3.05) is 11.4 Å². The average molecular weight is 268 g/mol. The summed E-state index contributed by atoms with van der Waals surface area (Å²) in [5.41, 5.74) is 1.31. The molecule has 0 amide bonds. The Balaban J connectivity index is 1.85. The highest BCUT2D eigenvalue weighted by Crippen LogP contribution is 2.32. The smallest absolute Gasteiger partial charge is 0.171 e. The van der Waals surface area contributed by atoms with Gasteiger partial charge in [-0.2, -0.15) is 0 Å². The molecule has 2 aromatic rings. The van der Waals surface area contributed by atoms with Gasteiger partial charge in [0.2, 0.25) is 0 Å². The second-order valence-electron chi connectivity index (χ2n) is 5.22. The molecule has 0 N–H and O–H groups in total. The van der Waals surface area contributed by atoms with Crippen LogP contribution in [0.1, 0.15) is 25.3 Å². The topological polar surface area (TPSA) is 25.4 Å². The number of nitrogens with zero attached hydrogens (tertiary/aromatic N) is 2. The Hall–Kier alpha value is -2.03. The molecular weight excluding hydrogens is 248 g/mol. The molecule has 0 saturated carbocycles. The van der Waals surface area contributed by atoms with Crippen LogP contribution in [0.4, 0.5) is 5.82 Å². The number of hydrogen-bond acceptors (Lipinski definition) is 3. The van der Waals surface area contributed by atoms with Gasteiger partial charge in [-0.15, -0.1) is 0 Å². The highest BCUT2D eigenvalue weighted by Gasteiger charge is 2.25. The molecule has 0 aliphatic carbocycles. The van der Waals surface area contributed by atoms with E-state index < -0.39 is 0 Å². The highest BCUT2D eigenvalue weighted by molar-refractivity contribution is 5.54. The number of pyridine rings is 1. The van der Waals surface area contributed by atoms with Gasteiger partial charge in [-0.25, -0.2) is 4.98 Å². The summed E-state index contributed by atoms with van der Waals surface area (Å²) >= 11 is 0. The molecule has 3 rings (SSSR count). The number of benzene rings is 1. The molecule has 2 heterocycles. The van der Waals surface area contributed by atoms with Crippen LogP contribution in [0.3, 0.4) is 0 Å². The predicted molar refractivity (Wildman–Crippen MR) is 81.1 cm³/mol. The van der Waals surface area contributed by atoms with Crippen molar-refractivity contribution in [1.82, 2.24) is 4.98 Å². The number of aromatic nitrogens is 1. The summed E-state index contributed by atoms with van der Waals surface area (Å²) in [5, 5.41) is 0. The normalized spacial score (nSPS) is 17.4. The zero-order chi connectivity index (χ0) is 13.8. The molecule has 1 aromatic heterocycles. The number of ether oxygens (including phenoxy) is 1. The van der Waals surface area contributed by atoms with E-state index in [1.807, 2.05) is 18.3 Å². The van der Waals surface area contributed by atoms with Crippen molar-refractivity contribution in [3.8, 4) is 5.75 Å². The largest absolute Gasteiger partial charge is 0.485 e. The van der Waals surface area contributed by atoms with Crippen LogP contribution in [0.2, 0.25) is 0 Å². The SMILES string of the molecule is CCCC1CN(Cc2ccccc2)c2ncccc2O1. The van der Waals surface area contributed by atoms with E-state index in [4.69, 9.17) is 4.74 Å². The van der Waals surface area contributed by atoms with E-state index in [0.717, 1.165) is 37.5 Å². The molecule has 104 valence electrons. The van der Waals surface area contributed by atoms with Crippen molar-refractivity contribution in [3.05, 3.63) is 54.2 Å². The van der Waals surface area contributed by atoms with Crippen molar-refractivity contribution in [2.45, 2.75) is 32.4 Å². The van der Waals surface area contributed by atoms with Gasteiger partial charge >= 0.3 is 0 Å². The minimum Gasteiger partial charge on any atom is -0.485 e. The van der Waals surface area contributed by atoms with Crippen LogP contribution in [0, 0.1) is 0 Å². The maximum atomic E-state index is 6.04. The van der Waals surface area contributed by atoms with Crippen molar-refractivity contribution in [1.29, 1.82) is 0 Å². The number of rotatable bonds is 4. The number of hydrogen-bond donors (Lipinski definition) is 0. The van der Waals surface area contributed by atoms with E-state index in [1.165, 1.54) is 5.56 Å². The molecule has 20 heavy (non-hydrogen) atoms. The molecular formula is C17H20N2O. The van der Waals surface area contributed by atoms with Crippen molar-refractivity contribution >= 4 is 5.82 Å². The van der Waals surface area contributed by atoms with Gasteiger partial charge in [0.1, 0.15) is 6.10 Å². The molecule has 0 fully saturated rings. The van der Waals surface area contributed by atoms with E-state index in [1.54, 1.807) is 0 Å². The van der Waals surface area contributed by atoms with Crippen LogP contribution in [-0.4, -0.2) is 17.6 Å². The molecule has 0 radical (unpaired) electrons. The summed E-state index contributed by atoms with van der Waals surface area (Å²) in [4.78, 5) is 6.82. The second-order valence-corrected chi connectivity index (χ2v) is 5.22. The van der Waals surface area contributed by atoms with Gasteiger partial charge in [-0.05, 0) is 24.1 Å². The van der Waals surface area contributed by atoms with E-state index in [9.17, 15) is 0 Å². The van der Waals surface area contributed by atoms with Gasteiger partial charge in [0.25, 0.3) is 0 Å². The number of anilines is 1. The highest BCUT2D eigenvalue weighted by atomic mass is 16.5. The zero-order valence-electron chi connectivity index (χ0n) is 11.8. The first kappa shape index (κ1) is 13.0. The van der Waals surface area contributed by atoms with E-state index >= 15 is 0 Å². The third-order valence-corrected chi connectivity index (χ3v) is 3.59. The molecule has 0 spiro atoms. The number of fused-ring (bicyclic) bond motifs is 1. The first-order valence-corrected chi connectivity index (χ1v) is 7.27. The predicted octanol–water partition coefficient (Wildman–Crippen LogP) is 3.65. The summed E-state index contributed by atoms with van der Waals surface area (Å²) in [6.07, 6.45) is 4.32. The summed E-state index contributed by atoms with van der Waals surface area (Å²) in [6, 6.07) is 14.5. The lowest BCUT2D eigenvalue weighted by atomic mass is 10.1. The van der Waals surface area contributed by atoms with Crippen LogP contribution >= 0.6 is 0 Å². The summed E-state index contributed by atoms with van der Waals surface area (Å²) in [5.74, 6) is 1.87. The first-order valence-electron chi connectivity index (χ1n) is 7.27. The molecule has 0 bridgehead atoms. The van der Waals surface area contributed by atoms with Gasteiger partial charge in [0, 0.05) is 12.7 Å². The third kappa shape index (κ3) is 2.77. The van der Waals surface area contributed by atoms with Crippen LogP contribution in [0.15, 0.2) is 48.7 Å². The summed E-state index contributed by atoms with van der Waals surface area (Å²) in [7, 11) is 0. The van der Waals surface area contributed by atoms with Gasteiger partial charge in [0.15, 0.2) is 11.6 Å². The lowest BCUT2D eigenvalue weighted by Gasteiger charge is -2.35. The maximum Gasteiger partial charge on any atom is 0.171 e. The maximum absolute atomic E-state index is 6.04. The van der Waals surface area contributed by atoms with Gasteiger partial charge in [0.05, 0.1) is 6.54 Å². The Morgan fingerprint density at radius 2 is 2.05 bits per heavy atom. The summed E-state index contributed by atoms with van der Waals surface area (Å²) in [6.45, 7) is 3.99. The first-order chi connectivity index (χ1) is 9.86. The Labute approximate surface area is 120 Å². The quantitative estimate of drug-likeness (QED) is 0.846. The molecule has 0 saturated heterocycles. The van der Waals surface area contributed by atoms with Crippen LogP contribution in [0.25, 0.3) is 0 Å². The molecule has 3 nitrogen and oxygen atoms in total. The molecule has 3 heteroatoms. The molecule has 1 aliphatic rings. The summed E-state index contributed by atoms with van der Waals surface area (Å²) < 4.78 is 6.04. The van der Waals surface area contributed by atoms with Crippen molar-refractivity contribution in [2.24, 2.45) is 0 Å². The van der Waals surface area contributed by atoms with Crippen LogP contribution < -0.4 is 9.64 Å². The van der Waals surface area contributed by atoms with E-state index in [2.05, 4.69) is 47.1 Å². The fourth-order valence-corrected chi connectivity index (χ4v) is 2.68.